The van der Waals surface area contributed by atoms with Crippen LogP contribution < -0.4 is 0 Å². The molecule has 1 aromatic heterocycles. The zero-order valence-corrected chi connectivity index (χ0v) is 12.5. The maximum atomic E-state index is 12.6. The molecule has 0 saturated heterocycles. The first-order valence-electron chi connectivity index (χ1n) is 7.76. The Balaban J connectivity index is 1.86. The van der Waals surface area contributed by atoms with Crippen LogP contribution in [0.25, 0.3) is 10.9 Å². The van der Waals surface area contributed by atoms with Gasteiger partial charge >= 0.3 is 0 Å². The third kappa shape index (κ3) is 2.72. The second kappa shape index (κ2) is 5.60. The number of carbonyl (C=O) groups excluding carboxylic acids is 1. The van der Waals surface area contributed by atoms with Crippen molar-refractivity contribution in [2.45, 2.75) is 50.5 Å². The van der Waals surface area contributed by atoms with Gasteiger partial charge in [0.1, 0.15) is 5.60 Å². The van der Waals surface area contributed by atoms with Crippen molar-refractivity contribution in [3.05, 3.63) is 30.0 Å². The second-order valence-electron chi connectivity index (χ2n) is 6.13. The third-order valence-corrected chi connectivity index (χ3v) is 4.61. The van der Waals surface area contributed by atoms with Gasteiger partial charge in [0.25, 0.3) is 0 Å². The van der Waals surface area contributed by atoms with Gasteiger partial charge in [-0.2, -0.15) is 5.10 Å². The molecular weight excluding hydrogens is 264 g/mol. The van der Waals surface area contributed by atoms with Crippen LogP contribution in [0.2, 0.25) is 0 Å². The smallest absolute Gasteiger partial charge is 0.170 e. The summed E-state index contributed by atoms with van der Waals surface area (Å²) in [5, 5.41) is 16.1. The van der Waals surface area contributed by atoms with Gasteiger partial charge in [0.2, 0.25) is 0 Å². The van der Waals surface area contributed by atoms with Gasteiger partial charge in [0.05, 0.1) is 17.6 Å². The van der Waals surface area contributed by atoms with Crippen LogP contribution >= 0.6 is 0 Å². The summed E-state index contributed by atoms with van der Waals surface area (Å²) in [6.07, 6.45) is 5.51. The highest BCUT2D eigenvalue weighted by Crippen LogP contribution is 2.29. The lowest BCUT2D eigenvalue weighted by Crippen LogP contribution is -2.39. The standard InChI is InChI=1S/C17H22N2O2/c1-19-15-9-5-4-8-13(15)14(18-19)12-16(20)17(21)10-6-2-3-7-11-17/h4-5,8-9,21H,2-3,6-7,10-12H2,1H3. The van der Waals surface area contributed by atoms with Gasteiger partial charge in [0, 0.05) is 12.4 Å². The monoisotopic (exact) mass is 286 g/mol. The number of Topliss-reactive ketones (excluding diaryl/α,β-unsaturated/α-hetero) is 1. The van der Waals surface area contributed by atoms with Gasteiger partial charge in [-0.05, 0) is 18.9 Å². The molecule has 1 aliphatic rings. The molecule has 0 radical (unpaired) electrons. The zero-order chi connectivity index (χ0) is 14.9. The topological polar surface area (TPSA) is 55.1 Å². The zero-order valence-electron chi connectivity index (χ0n) is 12.5. The van der Waals surface area contributed by atoms with E-state index >= 15 is 0 Å². The first-order chi connectivity index (χ1) is 10.1. The molecule has 1 aromatic carbocycles. The van der Waals surface area contributed by atoms with Crippen molar-refractivity contribution in [2.24, 2.45) is 7.05 Å². The van der Waals surface area contributed by atoms with E-state index in [1.807, 2.05) is 31.3 Å². The Hall–Kier alpha value is -1.68. The molecule has 1 aliphatic carbocycles. The minimum atomic E-state index is -1.14. The normalized spacial score (nSPS) is 18.6. The van der Waals surface area contributed by atoms with Crippen molar-refractivity contribution in [2.75, 3.05) is 0 Å². The molecule has 4 heteroatoms. The number of aromatic nitrogens is 2. The molecule has 0 amide bonds. The molecule has 2 aromatic rings. The fourth-order valence-electron chi connectivity index (χ4n) is 3.33. The summed E-state index contributed by atoms with van der Waals surface area (Å²) in [7, 11) is 1.89. The molecule has 0 unspecified atom stereocenters. The highest BCUT2D eigenvalue weighted by Gasteiger charge is 2.36. The third-order valence-electron chi connectivity index (χ3n) is 4.61. The van der Waals surface area contributed by atoms with Crippen molar-refractivity contribution >= 4 is 16.7 Å². The van der Waals surface area contributed by atoms with E-state index in [1.165, 1.54) is 0 Å². The maximum Gasteiger partial charge on any atom is 0.170 e. The van der Waals surface area contributed by atoms with E-state index in [1.54, 1.807) is 4.68 Å². The molecule has 0 spiro atoms. The number of nitrogens with zero attached hydrogens (tertiary/aromatic N) is 2. The van der Waals surface area contributed by atoms with Crippen LogP contribution in [0.1, 0.15) is 44.2 Å². The van der Waals surface area contributed by atoms with E-state index in [2.05, 4.69) is 5.10 Å². The number of aryl methyl sites for hydroxylation is 1. The largest absolute Gasteiger partial charge is 0.382 e. The van der Waals surface area contributed by atoms with Gasteiger partial charge in [-0.1, -0.05) is 43.9 Å². The van der Waals surface area contributed by atoms with Crippen LogP contribution in [0.5, 0.6) is 0 Å². The average molecular weight is 286 g/mol. The highest BCUT2D eigenvalue weighted by molar-refractivity contribution is 5.92. The summed E-state index contributed by atoms with van der Waals surface area (Å²) < 4.78 is 1.80. The van der Waals surface area contributed by atoms with E-state index in [9.17, 15) is 9.90 Å². The number of rotatable bonds is 3. The van der Waals surface area contributed by atoms with E-state index in [0.29, 0.717) is 12.8 Å². The van der Waals surface area contributed by atoms with Gasteiger partial charge in [-0.15, -0.1) is 0 Å². The number of aliphatic hydroxyl groups is 1. The van der Waals surface area contributed by atoms with Crippen LogP contribution in [-0.4, -0.2) is 26.3 Å². The highest BCUT2D eigenvalue weighted by atomic mass is 16.3. The molecular formula is C17H22N2O2. The lowest BCUT2D eigenvalue weighted by Gasteiger charge is -2.24. The van der Waals surface area contributed by atoms with Crippen molar-refractivity contribution in [3.63, 3.8) is 0 Å². The molecule has 1 heterocycles. The summed E-state index contributed by atoms with van der Waals surface area (Å²) >= 11 is 0. The summed E-state index contributed by atoms with van der Waals surface area (Å²) in [5.41, 5.74) is 0.652. The summed E-state index contributed by atoms with van der Waals surface area (Å²) in [6, 6.07) is 7.91. The summed E-state index contributed by atoms with van der Waals surface area (Å²) in [4.78, 5) is 12.6. The number of fused-ring (bicyclic) bond motifs is 1. The first-order valence-corrected chi connectivity index (χ1v) is 7.76. The van der Waals surface area contributed by atoms with Crippen LogP contribution in [-0.2, 0) is 18.3 Å². The number of benzene rings is 1. The van der Waals surface area contributed by atoms with E-state index < -0.39 is 5.60 Å². The van der Waals surface area contributed by atoms with Crippen LogP contribution in [0, 0.1) is 0 Å². The van der Waals surface area contributed by atoms with Gasteiger partial charge in [0.15, 0.2) is 5.78 Å². The van der Waals surface area contributed by atoms with E-state index in [4.69, 9.17) is 0 Å². The molecule has 4 nitrogen and oxygen atoms in total. The van der Waals surface area contributed by atoms with Crippen LogP contribution in [0.3, 0.4) is 0 Å². The van der Waals surface area contributed by atoms with Crippen LogP contribution in [0.4, 0.5) is 0 Å². The molecule has 21 heavy (non-hydrogen) atoms. The molecule has 1 fully saturated rings. The van der Waals surface area contributed by atoms with Crippen molar-refractivity contribution in [3.8, 4) is 0 Å². The Kier molecular flexibility index (Phi) is 3.81. The molecule has 112 valence electrons. The predicted octanol–water partition coefficient (Wildman–Crippen LogP) is 2.77. The Bertz CT molecular complexity index is 652. The molecule has 0 atom stereocenters. The van der Waals surface area contributed by atoms with Crippen molar-refractivity contribution in [1.29, 1.82) is 0 Å². The molecule has 0 aliphatic heterocycles. The Morgan fingerprint density at radius 1 is 1.24 bits per heavy atom. The summed E-state index contributed by atoms with van der Waals surface area (Å²) in [6.45, 7) is 0. The number of hydrogen-bond donors (Lipinski definition) is 1. The average Bonchev–Trinajstić information content (AvgIpc) is 2.65. The summed E-state index contributed by atoms with van der Waals surface area (Å²) in [5.74, 6) is -0.0757. The fourth-order valence-corrected chi connectivity index (χ4v) is 3.33. The number of para-hydroxylation sites is 1. The minimum Gasteiger partial charge on any atom is -0.382 e. The molecule has 1 N–H and O–H groups in total. The lowest BCUT2D eigenvalue weighted by molar-refractivity contribution is -0.138. The van der Waals surface area contributed by atoms with E-state index in [0.717, 1.165) is 42.3 Å². The second-order valence-corrected chi connectivity index (χ2v) is 6.13. The quantitative estimate of drug-likeness (QED) is 0.883. The SMILES string of the molecule is Cn1nc(CC(=O)C2(O)CCCCCC2)c2ccccc21. The number of carbonyl (C=O) groups is 1. The van der Waals surface area contributed by atoms with Crippen LogP contribution in [0.15, 0.2) is 24.3 Å². The Morgan fingerprint density at radius 3 is 2.62 bits per heavy atom. The number of ketones is 1. The number of hydrogen-bond acceptors (Lipinski definition) is 3. The minimum absolute atomic E-state index is 0.0757. The van der Waals surface area contributed by atoms with Crippen molar-refractivity contribution in [1.82, 2.24) is 9.78 Å². The van der Waals surface area contributed by atoms with Gasteiger partial charge in [-0.3, -0.25) is 9.48 Å². The molecule has 1 saturated carbocycles. The molecule has 0 bridgehead atoms. The Labute approximate surface area is 124 Å². The Morgan fingerprint density at radius 2 is 1.90 bits per heavy atom. The maximum absolute atomic E-state index is 12.6. The first kappa shape index (κ1) is 14.3. The molecule has 3 rings (SSSR count). The van der Waals surface area contributed by atoms with Gasteiger partial charge < -0.3 is 5.11 Å². The lowest BCUT2D eigenvalue weighted by atomic mass is 9.87. The fraction of sp³-hybridized carbons (Fsp3) is 0.529. The van der Waals surface area contributed by atoms with Crippen molar-refractivity contribution < 1.29 is 9.90 Å². The predicted molar refractivity (Wildman–Crippen MR) is 82.1 cm³/mol. The van der Waals surface area contributed by atoms with Gasteiger partial charge in [-0.25, -0.2) is 0 Å². The van der Waals surface area contributed by atoms with E-state index in [-0.39, 0.29) is 12.2 Å².